The highest BCUT2D eigenvalue weighted by Crippen LogP contribution is 2.55. The van der Waals surface area contributed by atoms with Crippen LogP contribution in [0.3, 0.4) is 0 Å². The van der Waals surface area contributed by atoms with Gasteiger partial charge in [0.1, 0.15) is 0 Å². The van der Waals surface area contributed by atoms with Gasteiger partial charge in [0, 0.05) is 48.1 Å². The highest BCUT2D eigenvalue weighted by atomic mass is 32.1. The zero-order valence-corrected chi connectivity index (χ0v) is 32.9. The summed E-state index contributed by atoms with van der Waals surface area (Å²) in [6.07, 6.45) is 0. The van der Waals surface area contributed by atoms with E-state index < -0.39 is 0 Å². The Labute approximate surface area is 333 Å². The molecular weight excluding hydrogens is 695 g/mol. The van der Waals surface area contributed by atoms with Crippen LogP contribution < -0.4 is 4.90 Å². The van der Waals surface area contributed by atoms with Crippen LogP contribution in [0.5, 0.6) is 0 Å². The second-order valence-electron chi connectivity index (χ2n) is 16.5. The van der Waals surface area contributed by atoms with Crippen molar-refractivity contribution < 1.29 is 0 Å². The lowest BCUT2D eigenvalue weighted by Crippen LogP contribution is -2.15. The first-order valence-corrected chi connectivity index (χ1v) is 20.5. The van der Waals surface area contributed by atoms with Crippen molar-refractivity contribution >= 4 is 48.6 Å². The zero-order chi connectivity index (χ0) is 37.8. The van der Waals surface area contributed by atoms with E-state index >= 15 is 0 Å². The largest absolute Gasteiger partial charge is 0.311 e. The molecular formula is C54H41NS. The molecule has 11 rings (SSSR count). The van der Waals surface area contributed by atoms with Gasteiger partial charge < -0.3 is 4.90 Å². The maximum Gasteiger partial charge on any atom is 0.0462 e. The lowest BCUT2D eigenvalue weighted by Gasteiger charge is -2.26. The molecule has 8 aromatic carbocycles. The third-order valence-corrected chi connectivity index (χ3v) is 13.9. The molecule has 2 aliphatic rings. The molecule has 1 nitrogen and oxygen atoms in total. The number of fused-ring (bicyclic) bond motifs is 10. The summed E-state index contributed by atoms with van der Waals surface area (Å²) in [5.41, 5.74) is 19.5. The number of anilines is 3. The fourth-order valence-corrected chi connectivity index (χ4v) is 11.1. The van der Waals surface area contributed by atoms with E-state index in [2.05, 4.69) is 209 Å². The molecule has 1 heterocycles. The van der Waals surface area contributed by atoms with Gasteiger partial charge in [0.05, 0.1) is 0 Å². The highest BCUT2D eigenvalue weighted by Gasteiger charge is 2.38. The van der Waals surface area contributed by atoms with Crippen LogP contribution in [0.15, 0.2) is 176 Å². The third kappa shape index (κ3) is 4.79. The first-order valence-electron chi connectivity index (χ1n) is 19.7. The Bertz CT molecular complexity index is 3000. The quantitative estimate of drug-likeness (QED) is 0.170. The smallest absolute Gasteiger partial charge is 0.0462 e. The molecule has 268 valence electrons. The summed E-state index contributed by atoms with van der Waals surface area (Å²) in [7, 11) is 0. The molecule has 2 heteroatoms. The Balaban J connectivity index is 0.956. The fourth-order valence-electron chi connectivity index (χ4n) is 9.89. The van der Waals surface area contributed by atoms with Crippen molar-refractivity contribution in [2.45, 2.75) is 38.5 Å². The van der Waals surface area contributed by atoms with Crippen LogP contribution in [0.4, 0.5) is 17.1 Å². The molecule has 0 radical (unpaired) electrons. The molecule has 0 fully saturated rings. The predicted molar refractivity (Wildman–Crippen MR) is 240 cm³/mol. The van der Waals surface area contributed by atoms with Crippen molar-refractivity contribution in [2.75, 3.05) is 4.90 Å². The van der Waals surface area contributed by atoms with Gasteiger partial charge in [-0.3, -0.25) is 0 Å². The van der Waals surface area contributed by atoms with Crippen molar-refractivity contribution in [1.82, 2.24) is 0 Å². The molecule has 0 atom stereocenters. The van der Waals surface area contributed by atoms with Crippen molar-refractivity contribution in [3.8, 4) is 44.5 Å². The summed E-state index contributed by atoms with van der Waals surface area (Å²) >= 11 is 1.93. The van der Waals surface area contributed by atoms with Gasteiger partial charge in [0.2, 0.25) is 0 Å². The van der Waals surface area contributed by atoms with Crippen LogP contribution in [0.25, 0.3) is 64.7 Å². The van der Waals surface area contributed by atoms with Gasteiger partial charge in [0.15, 0.2) is 0 Å². The van der Waals surface area contributed by atoms with Gasteiger partial charge in [-0.25, -0.2) is 0 Å². The topological polar surface area (TPSA) is 3.24 Å². The van der Waals surface area contributed by atoms with Crippen LogP contribution in [0.1, 0.15) is 49.9 Å². The number of thiophene rings is 1. The van der Waals surface area contributed by atoms with Crippen LogP contribution in [-0.4, -0.2) is 0 Å². The lowest BCUT2D eigenvalue weighted by molar-refractivity contribution is 0.660. The molecule has 1 aromatic heterocycles. The van der Waals surface area contributed by atoms with E-state index in [0.717, 1.165) is 17.1 Å². The van der Waals surface area contributed by atoms with Gasteiger partial charge >= 0.3 is 0 Å². The SMILES string of the molecule is CC1(C)c2ccccc2-c2ccc(-c3ccc(N(c4ccccc4)c4ccc(-c5cccc6c5sc5ccc7c(c56)C(C)(C)c5ccccc5-7)cc4)cc3)cc21. The molecule has 0 saturated carbocycles. The average molecular weight is 736 g/mol. The van der Waals surface area contributed by atoms with Crippen molar-refractivity contribution in [1.29, 1.82) is 0 Å². The van der Waals surface area contributed by atoms with E-state index in [0.29, 0.717) is 0 Å². The minimum Gasteiger partial charge on any atom is -0.311 e. The molecule has 0 saturated heterocycles. The van der Waals surface area contributed by atoms with Crippen LogP contribution in [0.2, 0.25) is 0 Å². The molecule has 2 aliphatic carbocycles. The Morgan fingerprint density at radius 2 is 0.929 bits per heavy atom. The molecule has 0 amide bonds. The number of benzene rings is 8. The average Bonchev–Trinajstić information content (AvgIpc) is 3.81. The predicted octanol–water partition coefficient (Wildman–Crippen LogP) is 15.5. The molecule has 0 aliphatic heterocycles. The van der Waals surface area contributed by atoms with Crippen molar-refractivity contribution in [2.24, 2.45) is 0 Å². The second-order valence-corrected chi connectivity index (χ2v) is 17.6. The number of hydrogen-bond donors (Lipinski definition) is 0. The van der Waals surface area contributed by atoms with Crippen LogP contribution >= 0.6 is 11.3 Å². The normalized spacial score (nSPS) is 14.4. The van der Waals surface area contributed by atoms with Gasteiger partial charge in [-0.15, -0.1) is 11.3 Å². The summed E-state index contributed by atoms with van der Waals surface area (Å²) in [5, 5.41) is 2.77. The third-order valence-electron chi connectivity index (χ3n) is 12.7. The monoisotopic (exact) mass is 735 g/mol. The Hall–Kier alpha value is -6.22. The number of hydrogen-bond acceptors (Lipinski definition) is 2. The standard InChI is InChI=1S/C54H41NS/c1-53(2)46-19-10-8-15-41(46)43-30-25-36(33-48(43)53)34-21-26-38(27-22-34)55(37-13-6-5-7-14-37)39-28-23-35(24-29-39)40-17-12-18-45-50-49(56-52(40)45)32-31-44-42-16-9-11-20-47(42)54(3,4)51(44)50/h5-33H,1-4H3. The Morgan fingerprint density at radius 1 is 0.393 bits per heavy atom. The first kappa shape index (κ1) is 33.1. The number of para-hydroxylation sites is 1. The molecule has 0 bridgehead atoms. The molecule has 9 aromatic rings. The van der Waals surface area contributed by atoms with Gasteiger partial charge in [0.25, 0.3) is 0 Å². The van der Waals surface area contributed by atoms with Crippen molar-refractivity contribution in [3.05, 3.63) is 198 Å². The van der Waals surface area contributed by atoms with E-state index in [9.17, 15) is 0 Å². The zero-order valence-electron chi connectivity index (χ0n) is 32.1. The molecule has 0 N–H and O–H groups in total. The van der Waals surface area contributed by atoms with E-state index in [1.165, 1.54) is 86.9 Å². The first-order chi connectivity index (χ1) is 27.3. The Morgan fingerprint density at radius 3 is 1.64 bits per heavy atom. The van der Waals surface area contributed by atoms with E-state index in [4.69, 9.17) is 0 Å². The summed E-state index contributed by atoms with van der Waals surface area (Å²) in [5.74, 6) is 0. The minimum absolute atomic E-state index is 0.0236. The van der Waals surface area contributed by atoms with Crippen molar-refractivity contribution in [3.63, 3.8) is 0 Å². The van der Waals surface area contributed by atoms with E-state index in [1.54, 1.807) is 0 Å². The molecule has 56 heavy (non-hydrogen) atoms. The van der Waals surface area contributed by atoms with Gasteiger partial charge in [-0.2, -0.15) is 0 Å². The fraction of sp³-hybridized carbons (Fsp3) is 0.111. The maximum absolute atomic E-state index is 2.41. The summed E-state index contributed by atoms with van der Waals surface area (Å²) < 4.78 is 2.71. The van der Waals surface area contributed by atoms with Gasteiger partial charge in [-0.05, 0) is 115 Å². The van der Waals surface area contributed by atoms with Gasteiger partial charge in [-0.1, -0.05) is 155 Å². The van der Waals surface area contributed by atoms with E-state index in [-0.39, 0.29) is 10.8 Å². The highest BCUT2D eigenvalue weighted by molar-refractivity contribution is 7.26. The van der Waals surface area contributed by atoms with E-state index in [1.807, 2.05) is 11.3 Å². The van der Waals surface area contributed by atoms with Crippen LogP contribution in [0, 0.1) is 0 Å². The molecule has 0 spiro atoms. The summed E-state index contributed by atoms with van der Waals surface area (Å²) in [6.45, 7) is 9.48. The summed E-state index contributed by atoms with van der Waals surface area (Å²) in [6, 6.07) is 65.3. The maximum atomic E-state index is 2.41. The summed E-state index contributed by atoms with van der Waals surface area (Å²) in [4.78, 5) is 2.36. The Kier molecular flexibility index (Phi) is 7.18. The van der Waals surface area contributed by atoms with Crippen LogP contribution in [-0.2, 0) is 10.8 Å². The number of rotatable bonds is 5. The minimum atomic E-state index is -0.0547. The molecule has 0 unspecified atom stereocenters. The number of nitrogens with zero attached hydrogens (tertiary/aromatic N) is 1. The second kappa shape index (κ2) is 12.1. The lowest BCUT2D eigenvalue weighted by atomic mass is 9.80.